The largest absolute Gasteiger partial charge is 0.390 e. The van der Waals surface area contributed by atoms with E-state index in [-0.39, 0.29) is 29.9 Å². The van der Waals surface area contributed by atoms with E-state index in [0.717, 1.165) is 10.2 Å². The van der Waals surface area contributed by atoms with E-state index in [1.54, 1.807) is 24.3 Å². The van der Waals surface area contributed by atoms with Crippen LogP contribution in [0.1, 0.15) is 18.0 Å². The molecule has 14 nitrogen and oxygen atoms in total. The Bertz CT molecular complexity index is 1360. The SMILES string of the molecule is O=P(O)(O)CP(=O)(O)OC[C@H]1C[C@@H](n2nnc3c(NCc4ccccc4Cl)nc(F)nc32)[C@H](O)[C@@H]1O. The first-order valence-electron chi connectivity index (χ1n) is 10.5. The van der Waals surface area contributed by atoms with Gasteiger partial charge in [0.25, 0.3) is 0 Å². The van der Waals surface area contributed by atoms with Gasteiger partial charge in [-0.3, -0.25) is 9.13 Å². The Kier molecular flexibility index (Phi) is 7.77. The minimum atomic E-state index is -4.83. The molecule has 36 heavy (non-hydrogen) atoms. The number of aromatic nitrogens is 5. The van der Waals surface area contributed by atoms with E-state index in [1.807, 2.05) is 0 Å². The van der Waals surface area contributed by atoms with E-state index in [2.05, 4.69) is 25.6 Å². The van der Waals surface area contributed by atoms with Crippen LogP contribution in [0.25, 0.3) is 11.2 Å². The van der Waals surface area contributed by atoms with Crippen molar-refractivity contribution in [3.63, 3.8) is 0 Å². The number of benzene rings is 1. The normalized spacial score (nSPS) is 24.2. The topological polar surface area (TPSA) is 213 Å². The van der Waals surface area contributed by atoms with Crippen molar-refractivity contribution in [1.82, 2.24) is 25.0 Å². The smallest absolute Gasteiger partial charge is 0.340 e. The standard InChI is InChI=1S/C18H22ClFN6O8P2/c19-11-4-2-1-3-9(11)6-21-16-13-17(23-18(20)22-16)26(25-24-13)12-5-10(14(27)15(12)28)7-34-36(32,33)8-35(29,30)31/h1-4,10,12,14-15,27-28H,5-8H2,(H,32,33)(H,21,22,23)(H2,29,30,31)/t10-,12-,14-,15+/m1/s1. The molecule has 1 aliphatic rings. The Morgan fingerprint density at radius 3 is 2.58 bits per heavy atom. The quantitative estimate of drug-likeness (QED) is 0.159. The first-order valence-corrected chi connectivity index (χ1v) is 14.4. The van der Waals surface area contributed by atoms with Crippen LogP contribution < -0.4 is 5.32 Å². The molecule has 6 N–H and O–H groups in total. The fraction of sp³-hybridized carbons (Fsp3) is 0.444. The summed E-state index contributed by atoms with van der Waals surface area (Å²) in [4.78, 5) is 34.9. The number of nitrogens with one attached hydrogen (secondary N) is 1. The van der Waals surface area contributed by atoms with Crippen LogP contribution in [0.15, 0.2) is 24.3 Å². The van der Waals surface area contributed by atoms with Gasteiger partial charge in [0.2, 0.25) is 0 Å². The summed E-state index contributed by atoms with van der Waals surface area (Å²) in [6.07, 6.45) is -4.06. The minimum Gasteiger partial charge on any atom is -0.390 e. The summed E-state index contributed by atoms with van der Waals surface area (Å²) in [6, 6.07) is 6.04. The molecule has 0 spiro atoms. The molecule has 0 aliphatic heterocycles. The number of hydrogen-bond acceptors (Lipinski definition) is 10. The van der Waals surface area contributed by atoms with Crippen molar-refractivity contribution in [3.8, 4) is 0 Å². The second-order valence-corrected chi connectivity index (χ2v) is 12.7. The molecule has 18 heteroatoms. The van der Waals surface area contributed by atoms with E-state index in [9.17, 15) is 28.6 Å². The van der Waals surface area contributed by atoms with Gasteiger partial charge >= 0.3 is 21.3 Å². The molecule has 1 saturated carbocycles. The molecule has 3 aromatic rings. The number of aliphatic hydroxyl groups is 2. The zero-order valence-electron chi connectivity index (χ0n) is 18.3. The molecule has 0 radical (unpaired) electrons. The summed E-state index contributed by atoms with van der Waals surface area (Å²) in [7, 11) is -9.49. The molecule has 0 amide bonds. The van der Waals surface area contributed by atoms with E-state index >= 15 is 0 Å². The molecular weight excluding hydrogens is 545 g/mol. The lowest BCUT2D eigenvalue weighted by Gasteiger charge is -2.19. The van der Waals surface area contributed by atoms with Crippen LogP contribution in [-0.2, 0) is 20.2 Å². The molecule has 1 aromatic carbocycles. The van der Waals surface area contributed by atoms with Crippen molar-refractivity contribution in [1.29, 1.82) is 0 Å². The van der Waals surface area contributed by atoms with Crippen LogP contribution in [0.4, 0.5) is 10.2 Å². The van der Waals surface area contributed by atoms with Crippen molar-refractivity contribution in [3.05, 3.63) is 40.9 Å². The highest BCUT2D eigenvalue weighted by molar-refractivity contribution is 7.70. The van der Waals surface area contributed by atoms with Crippen molar-refractivity contribution in [2.24, 2.45) is 5.92 Å². The fourth-order valence-electron chi connectivity index (χ4n) is 3.96. The molecule has 1 fully saturated rings. The second-order valence-electron chi connectivity index (χ2n) is 8.28. The van der Waals surface area contributed by atoms with Crippen molar-refractivity contribution < 1.29 is 42.9 Å². The Morgan fingerprint density at radius 1 is 1.17 bits per heavy atom. The highest BCUT2D eigenvalue weighted by Crippen LogP contribution is 2.56. The molecule has 196 valence electrons. The zero-order valence-corrected chi connectivity index (χ0v) is 20.8. The maximum Gasteiger partial charge on any atom is 0.340 e. The zero-order chi connectivity index (χ0) is 26.3. The van der Waals surface area contributed by atoms with E-state index in [4.69, 9.17) is 25.9 Å². The molecule has 0 saturated heterocycles. The predicted octanol–water partition coefficient (Wildman–Crippen LogP) is 1.25. The highest BCUT2D eigenvalue weighted by Gasteiger charge is 2.45. The number of hydrogen-bond donors (Lipinski definition) is 6. The van der Waals surface area contributed by atoms with Gasteiger partial charge in [0.05, 0.1) is 18.8 Å². The summed E-state index contributed by atoms with van der Waals surface area (Å²) in [5.74, 6) is -2.27. The summed E-state index contributed by atoms with van der Waals surface area (Å²) < 4.78 is 43.1. The van der Waals surface area contributed by atoms with E-state index in [0.29, 0.717) is 5.02 Å². The molecule has 4 rings (SSSR count). The van der Waals surface area contributed by atoms with Gasteiger partial charge in [0.15, 0.2) is 22.9 Å². The van der Waals surface area contributed by atoms with Crippen molar-refractivity contribution in [2.75, 3.05) is 17.8 Å². The van der Waals surface area contributed by atoms with Crippen LogP contribution in [0.2, 0.25) is 5.02 Å². The third-order valence-electron chi connectivity index (χ3n) is 5.64. The van der Waals surface area contributed by atoms with Gasteiger partial charge in [0.1, 0.15) is 6.10 Å². The van der Waals surface area contributed by atoms with E-state index in [1.165, 1.54) is 0 Å². The maximum atomic E-state index is 14.3. The van der Waals surface area contributed by atoms with Gasteiger partial charge < -0.3 is 34.7 Å². The van der Waals surface area contributed by atoms with Crippen molar-refractivity contribution in [2.45, 2.75) is 31.2 Å². The van der Waals surface area contributed by atoms with Crippen LogP contribution in [0.5, 0.6) is 0 Å². The Labute approximate surface area is 207 Å². The molecule has 2 heterocycles. The predicted molar refractivity (Wildman–Crippen MR) is 124 cm³/mol. The van der Waals surface area contributed by atoms with Crippen molar-refractivity contribution >= 4 is 43.8 Å². The van der Waals surface area contributed by atoms with Gasteiger partial charge in [-0.15, -0.1) is 5.10 Å². The number of rotatable bonds is 9. The van der Waals surface area contributed by atoms with Gasteiger partial charge in [-0.2, -0.15) is 14.4 Å². The Balaban J connectivity index is 1.53. The summed E-state index contributed by atoms with van der Waals surface area (Å²) in [5.41, 5.74) is 0.735. The summed E-state index contributed by atoms with van der Waals surface area (Å²) in [5, 5.41) is 32.3. The second kappa shape index (κ2) is 10.4. The Hall–Kier alpha value is -2.06. The number of anilines is 1. The lowest BCUT2D eigenvalue weighted by molar-refractivity contribution is -0.00363. The summed E-state index contributed by atoms with van der Waals surface area (Å²) >= 11 is 6.15. The number of nitrogens with zero attached hydrogens (tertiary/aromatic N) is 5. The number of fused-ring (bicyclic) bond motifs is 1. The van der Waals surface area contributed by atoms with Crippen LogP contribution >= 0.6 is 26.8 Å². The minimum absolute atomic E-state index is 0.0234. The molecular formula is C18H22ClFN6O8P2. The molecule has 1 aliphatic carbocycles. The monoisotopic (exact) mass is 566 g/mol. The molecule has 2 aromatic heterocycles. The molecule has 0 bridgehead atoms. The van der Waals surface area contributed by atoms with Gasteiger partial charge in [-0.1, -0.05) is 35.0 Å². The highest BCUT2D eigenvalue weighted by atomic mass is 35.5. The number of aliphatic hydroxyl groups excluding tert-OH is 2. The lowest BCUT2D eigenvalue weighted by Crippen LogP contribution is -2.31. The van der Waals surface area contributed by atoms with Crippen LogP contribution in [-0.4, -0.2) is 74.6 Å². The van der Waals surface area contributed by atoms with Crippen LogP contribution in [0.3, 0.4) is 0 Å². The average molecular weight is 567 g/mol. The third-order valence-corrected chi connectivity index (χ3v) is 9.46. The van der Waals surface area contributed by atoms with Crippen LogP contribution in [0, 0.1) is 12.0 Å². The lowest BCUT2D eigenvalue weighted by atomic mass is 10.1. The Morgan fingerprint density at radius 2 is 1.89 bits per heavy atom. The third kappa shape index (κ3) is 6.08. The average Bonchev–Trinajstić information content (AvgIpc) is 3.31. The van der Waals surface area contributed by atoms with Gasteiger partial charge in [-0.25, -0.2) is 4.68 Å². The first-order chi connectivity index (χ1) is 16.8. The maximum absolute atomic E-state index is 14.3. The van der Waals surface area contributed by atoms with Gasteiger partial charge in [0, 0.05) is 17.5 Å². The molecule has 1 unspecified atom stereocenters. The molecule has 5 atom stereocenters. The number of halogens is 2. The summed E-state index contributed by atoms with van der Waals surface area (Å²) in [6.45, 7) is -0.388. The van der Waals surface area contributed by atoms with Gasteiger partial charge in [-0.05, 0) is 18.1 Å². The fourth-order valence-corrected chi connectivity index (χ4v) is 6.78. The first kappa shape index (κ1) is 27.0. The van der Waals surface area contributed by atoms with E-state index < -0.39 is 57.9 Å².